The number of hydrogen-bond acceptors (Lipinski definition) is 3. The maximum atomic E-state index is 12.3. The van der Waals surface area contributed by atoms with Crippen LogP contribution in [0.5, 0.6) is 0 Å². The van der Waals surface area contributed by atoms with E-state index in [0.29, 0.717) is 24.5 Å². The maximum absolute atomic E-state index is 12.3. The molecule has 1 aliphatic rings. The van der Waals surface area contributed by atoms with Crippen LogP contribution in [0, 0.1) is 13.8 Å². The summed E-state index contributed by atoms with van der Waals surface area (Å²) in [5.74, 6) is 0. The first-order valence-electron chi connectivity index (χ1n) is 6.55. The van der Waals surface area contributed by atoms with E-state index in [1.807, 2.05) is 13.8 Å². The van der Waals surface area contributed by atoms with Crippen molar-refractivity contribution in [3.8, 4) is 0 Å². The lowest BCUT2D eigenvalue weighted by molar-refractivity contribution is 0.349. The molecule has 1 aromatic rings. The summed E-state index contributed by atoms with van der Waals surface area (Å²) in [6, 6.07) is 3.58. The Bertz CT molecular complexity index is 563. The van der Waals surface area contributed by atoms with Crippen molar-refractivity contribution in [1.82, 2.24) is 4.31 Å². The molecule has 1 aromatic carbocycles. The molecular weight excluding hydrogens is 262 g/mol. The van der Waals surface area contributed by atoms with E-state index in [1.54, 1.807) is 12.1 Å². The molecule has 6 heteroatoms. The van der Waals surface area contributed by atoms with E-state index >= 15 is 0 Å². The molecule has 0 bridgehead atoms. The Kier molecular flexibility index (Phi) is 4.01. The molecule has 3 N–H and O–H groups in total. The van der Waals surface area contributed by atoms with Crippen LogP contribution in [0.4, 0.5) is 11.4 Å². The van der Waals surface area contributed by atoms with Crippen molar-refractivity contribution in [1.29, 1.82) is 0 Å². The minimum Gasteiger partial charge on any atom is -0.399 e. The van der Waals surface area contributed by atoms with Gasteiger partial charge in [0.2, 0.25) is 0 Å². The molecule has 0 aliphatic carbocycles. The van der Waals surface area contributed by atoms with Crippen molar-refractivity contribution in [2.24, 2.45) is 0 Å². The molecule has 19 heavy (non-hydrogen) atoms. The lowest BCUT2D eigenvalue weighted by atomic mass is 10.1. The first-order chi connectivity index (χ1) is 8.90. The highest BCUT2D eigenvalue weighted by molar-refractivity contribution is 7.90. The summed E-state index contributed by atoms with van der Waals surface area (Å²) in [7, 11) is -3.45. The predicted octanol–water partition coefficient (Wildman–Crippen LogP) is 2.03. The Hall–Kier alpha value is -1.27. The van der Waals surface area contributed by atoms with Gasteiger partial charge in [-0.05, 0) is 49.9 Å². The Morgan fingerprint density at radius 1 is 1.11 bits per heavy atom. The van der Waals surface area contributed by atoms with Crippen molar-refractivity contribution in [2.45, 2.75) is 33.1 Å². The number of nitrogens with zero attached hydrogens (tertiary/aromatic N) is 1. The van der Waals surface area contributed by atoms with E-state index in [-0.39, 0.29) is 0 Å². The summed E-state index contributed by atoms with van der Waals surface area (Å²) < 4.78 is 28.8. The van der Waals surface area contributed by atoms with Gasteiger partial charge in [0.05, 0.1) is 5.69 Å². The zero-order chi connectivity index (χ0) is 14.0. The smallest absolute Gasteiger partial charge is 0.301 e. The topological polar surface area (TPSA) is 75.4 Å². The van der Waals surface area contributed by atoms with Crippen LogP contribution in [-0.4, -0.2) is 25.8 Å². The number of hydrogen-bond donors (Lipinski definition) is 2. The van der Waals surface area contributed by atoms with Crippen molar-refractivity contribution in [3.05, 3.63) is 23.3 Å². The second kappa shape index (κ2) is 5.38. The molecule has 0 atom stereocenters. The number of nitrogens with one attached hydrogen (secondary N) is 1. The van der Waals surface area contributed by atoms with Crippen LogP contribution < -0.4 is 10.5 Å². The Labute approximate surface area is 115 Å². The Morgan fingerprint density at radius 3 is 2.37 bits per heavy atom. The normalized spacial score (nSPS) is 17.4. The van der Waals surface area contributed by atoms with E-state index in [1.165, 1.54) is 4.31 Å². The third-order valence-electron chi connectivity index (χ3n) is 3.51. The van der Waals surface area contributed by atoms with Crippen molar-refractivity contribution in [2.75, 3.05) is 23.5 Å². The molecule has 0 saturated carbocycles. The Morgan fingerprint density at radius 2 is 1.74 bits per heavy atom. The lowest BCUT2D eigenvalue weighted by Crippen LogP contribution is -2.39. The van der Waals surface area contributed by atoms with E-state index in [0.717, 1.165) is 30.4 Å². The summed E-state index contributed by atoms with van der Waals surface area (Å²) in [5.41, 5.74) is 8.81. The van der Waals surface area contributed by atoms with Gasteiger partial charge in [0.15, 0.2) is 0 Å². The van der Waals surface area contributed by atoms with Crippen LogP contribution in [0.1, 0.15) is 30.4 Å². The molecule has 5 nitrogen and oxygen atoms in total. The second-order valence-electron chi connectivity index (χ2n) is 5.09. The fraction of sp³-hybridized carbons (Fsp3) is 0.538. The van der Waals surface area contributed by atoms with E-state index in [4.69, 9.17) is 5.73 Å². The van der Waals surface area contributed by atoms with E-state index < -0.39 is 10.2 Å². The number of nitrogen functional groups attached to an aromatic ring is 1. The zero-order valence-electron chi connectivity index (χ0n) is 11.4. The van der Waals surface area contributed by atoms with Gasteiger partial charge < -0.3 is 5.73 Å². The highest BCUT2D eigenvalue weighted by Gasteiger charge is 2.24. The third-order valence-corrected chi connectivity index (χ3v) is 5.03. The SMILES string of the molecule is Cc1cc(NS(=O)(=O)N2CCCCC2)c(C)cc1N. The summed E-state index contributed by atoms with van der Waals surface area (Å²) in [4.78, 5) is 0. The van der Waals surface area contributed by atoms with Crippen molar-refractivity contribution < 1.29 is 8.42 Å². The molecule has 0 aromatic heterocycles. The highest BCUT2D eigenvalue weighted by Crippen LogP contribution is 2.24. The van der Waals surface area contributed by atoms with Crippen LogP contribution in [0.25, 0.3) is 0 Å². The largest absolute Gasteiger partial charge is 0.399 e. The predicted molar refractivity (Wildman–Crippen MR) is 78.3 cm³/mol. The average Bonchev–Trinajstić information content (AvgIpc) is 2.37. The summed E-state index contributed by atoms with van der Waals surface area (Å²) in [5, 5.41) is 0. The number of nitrogens with two attached hydrogens (primary N) is 1. The van der Waals surface area contributed by atoms with E-state index in [2.05, 4.69) is 4.72 Å². The van der Waals surface area contributed by atoms with Crippen LogP contribution in [0.15, 0.2) is 12.1 Å². The quantitative estimate of drug-likeness (QED) is 0.833. The second-order valence-corrected chi connectivity index (χ2v) is 6.76. The fourth-order valence-electron chi connectivity index (χ4n) is 2.26. The molecule has 0 radical (unpaired) electrons. The van der Waals surface area contributed by atoms with Gasteiger partial charge in [0.25, 0.3) is 0 Å². The Balaban J connectivity index is 2.22. The van der Waals surface area contributed by atoms with Crippen LogP contribution in [0.2, 0.25) is 0 Å². The maximum Gasteiger partial charge on any atom is 0.301 e. The molecule has 1 aliphatic heterocycles. The van der Waals surface area contributed by atoms with Gasteiger partial charge in [0, 0.05) is 18.8 Å². The molecular formula is C13H21N3O2S. The third kappa shape index (κ3) is 3.19. The van der Waals surface area contributed by atoms with Crippen molar-refractivity contribution >= 4 is 21.6 Å². The monoisotopic (exact) mass is 283 g/mol. The summed E-state index contributed by atoms with van der Waals surface area (Å²) in [6.45, 7) is 4.92. The standard InChI is InChI=1S/C13H21N3O2S/c1-10-9-13(11(2)8-12(10)14)15-19(17,18)16-6-4-3-5-7-16/h8-9,15H,3-7,14H2,1-2H3. The van der Waals surface area contributed by atoms with Crippen LogP contribution in [-0.2, 0) is 10.2 Å². The van der Waals surface area contributed by atoms with Gasteiger partial charge >= 0.3 is 10.2 Å². The molecule has 0 amide bonds. The number of benzene rings is 1. The lowest BCUT2D eigenvalue weighted by Gasteiger charge is -2.26. The fourth-order valence-corrected chi connectivity index (χ4v) is 3.62. The van der Waals surface area contributed by atoms with Gasteiger partial charge in [-0.25, -0.2) is 0 Å². The van der Waals surface area contributed by atoms with Gasteiger partial charge in [0.1, 0.15) is 0 Å². The molecule has 0 spiro atoms. The molecule has 1 heterocycles. The first-order valence-corrected chi connectivity index (χ1v) is 7.99. The average molecular weight is 283 g/mol. The molecule has 1 fully saturated rings. The van der Waals surface area contributed by atoms with Crippen molar-refractivity contribution in [3.63, 3.8) is 0 Å². The van der Waals surface area contributed by atoms with Gasteiger partial charge in [-0.1, -0.05) is 6.42 Å². The van der Waals surface area contributed by atoms with Gasteiger partial charge in [-0.2, -0.15) is 12.7 Å². The van der Waals surface area contributed by atoms with Gasteiger partial charge in [-0.3, -0.25) is 4.72 Å². The molecule has 1 saturated heterocycles. The minimum absolute atomic E-state index is 0.600. The number of aryl methyl sites for hydroxylation is 2. The van der Waals surface area contributed by atoms with E-state index in [9.17, 15) is 8.42 Å². The minimum atomic E-state index is -3.45. The molecule has 0 unspecified atom stereocenters. The van der Waals surface area contributed by atoms with Crippen LogP contribution in [0.3, 0.4) is 0 Å². The first kappa shape index (κ1) is 14.1. The summed E-state index contributed by atoms with van der Waals surface area (Å²) >= 11 is 0. The highest BCUT2D eigenvalue weighted by atomic mass is 32.2. The van der Waals surface area contributed by atoms with Crippen LogP contribution >= 0.6 is 0 Å². The number of anilines is 2. The number of piperidine rings is 1. The van der Waals surface area contributed by atoms with Gasteiger partial charge in [-0.15, -0.1) is 0 Å². The summed E-state index contributed by atoms with van der Waals surface area (Å²) in [6.07, 6.45) is 2.97. The molecule has 106 valence electrons. The number of rotatable bonds is 3. The molecule has 2 rings (SSSR count). The zero-order valence-corrected chi connectivity index (χ0v) is 12.3.